The molecule has 1 fully saturated rings. The fraction of sp³-hybridized carbons (Fsp3) is 0.455. The van der Waals surface area contributed by atoms with Crippen LogP contribution in [0.4, 0.5) is 0 Å². The number of aromatic nitrogens is 2. The molecule has 194 valence electrons. The summed E-state index contributed by atoms with van der Waals surface area (Å²) < 4.78 is 0. The molecule has 2 aromatic rings. The quantitative estimate of drug-likeness (QED) is 0.340. The Morgan fingerprint density at radius 1 is 0.838 bits per heavy atom. The van der Waals surface area contributed by atoms with Crippen LogP contribution in [0.25, 0.3) is 11.1 Å². The molecule has 2 heterocycles. The average Bonchev–Trinajstić information content (AvgIpc) is 3.70. The van der Waals surface area contributed by atoms with Gasteiger partial charge in [0.1, 0.15) is 10.0 Å². The summed E-state index contributed by atoms with van der Waals surface area (Å²) in [6.07, 6.45) is 26.4. The predicted octanol–water partition coefficient (Wildman–Crippen LogP) is 10.2. The van der Waals surface area contributed by atoms with Crippen molar-refractivity contribution < 1.29 is 0 Å². The molecule has 0 saturated heterocycles. The van der Waals surface area contributed by atoms with Gasteiger partial charge in [0.05, 0.1) is 16.8 Å². The Balaban J connectivity index is 1.26. The van der Waals surface area contributed by atoms with Gasteiger partial charge < -0.3 is 0 Å². The van der Waals surface area contributed by atoms with Crippen molar-refractivity contribution in [3.63, 3.8) is 0 Å². The Morgan fingerprint density at radius 3 is 2.05 bits per heavy atom. The second-order valence-corrected chi connectivity index (χ2v) is 13.6. The molecule has 0 spiro atoms. The maximum absolute atomic E-state index is 5.12. The number of nitrogens with zero attached hydrogens (tertiary/aromatic N) is 2. The van der Waals surface area contributed by atoms with E-state index in [1.54, 1.807) is 22.7 Å². The molecule has 3 aliphatic carbocycles. The molecule has 3 aliphatic rings. The molecule has 5 rings (SSSR count). The summed E-state index contributed by atoms with van der Waals surface area (Å²) in [6.45, 7) is 11.4. The van der Waals surface area contributed by atoms with Gasteiger partial charge in [-0.15, -0.1) is 22.7 Å². The molecule has 1 saturated carbocycles. The highest BCUT2D eigenvalue weighted by molar-refractivity contribution is 7.11. The number of rotatable bonds is 8. The van der Waals surface area contributed by atoms with Crippen LogP contribution < -0.4 is 0 Å². The van der Waals surface area contributed by atoms with Crippen LogP contribution in [-0.2, 0) is 5.41 Å². The standard InChI is InChI=1S/C33H40N2S2/c1-23(26-13-7-8-14-26)30-34-28(21-36-30)32(3,4)29-22-37-31(35-29)24(2)27-16-15-25(20-27)12-11-19-33(5)17-9-6-10-18-33/h7-8,13-16,20-22H,6,9-12,17-19H2,1-5H3. The van der Waals surface area contributed by atoms with E-state index < -0.39 is 0 Å². The zero-order chi connectivity index (χ0) is 26.0. The lowest BCUT2D eigenvalue weighted by atomic mass is 9.72. The molecule has 0 bridgehead atoms. The smallest absolute Gasteiger partial charge is 0.119 e. The van der Waals surface area contributed by atoms with Crippen molar-refractivity contribution in [2.45, 2.75) is 91.4 Å². The normalized spacial score (nSPS) is 20.1. The van der Waals surface area contributed by atoms with E-state index in [9.17, 15) is 0 Å². The van der Waals surface area contributed by atoms with E-state index in [0.29, 0.717) is 5.41 Å². The predicted molar refractivity (Wildman–Crippen MR) is 162 cm³/mol. The molecule has 2 nitrogen and oxygen atoms in total. The molecule has 0 N–H and O–H groups in total. The van der Waals surface area contributed by atoms with E-state index in [1.807, 2.05) is 0 Å². The van der Waals surface area contributed by atoms with E-state index in [2.05, 4.69) is 87.9 Å². The third kappa shape index (κ3) is 5.76. The second kappa shape index (κ2) is 10.8. The van der Waals surface area contributed by atoms with Crippen molar-refractivity contribution in [2.75, 3.05) is 0 Å². The van der Waals surface area contributed by atoms with Crippen LogP contribution in [-0.4, -0.2) is 9.97 Å². The maximum atomic E-state index is 5.12. The minimum absolute atomic E-state index is 0.234. The van der Waals surface area contributed by atoms with Crippen LogP contribution in [0.5, 0.6) is 0 Å². The van der Waals surface area contributed by atoms with Gasteiger partial charge in [-0.05, 0) is 93.1 Å². The van der Waals surface area contributed by atoms with Gasteiger partial charge in [-0.25, -0.2) is 9.97 Å². The largest absolute Gasteiger partial charge is 0.240 e. The molecular formula is C33H40N2S2. The molecule has 0 radical (unpaired) electrons. The molecule has 0 atom stereocenters. The fourth-order valence-corrected chi connectivity index (χ4v) is 7.76. The zero-order valence-corrected chi connectivity index (χ0v) is 24.7. The number of thiazole rings is 2. The highest BCUT2D eigenvalue weighted by Gasteiger charge is 2.30. The van der Waals surface area contributed by atoms with Crippen molar-refractivity contribution in [3.8, 4) is 0 Å². The fourth-order valence-electron chi connectivity index (χ4n) is 5.72. The first-order valence-electron chi connectivity index (χ1n) is 13.8. The zero-order valence-electron chi connectivity index (χ0n) is 23.1. The monoisotopic (exact) mass is 528 g/mol. The van der Waals surface area contributed by atoms with Gasteiger partial charge in [-0.3, -0.25) is 0 Å². The van der Waals surface area contributed by atoms with E-state index in [0.717, 1.165) is 21.4 Å². The summed E-state index contributed by atoms with van der Waals surface area (Å²) in [4.78, 5) is 10.2. The Labute approximate surface area is 231 Å². The van der Waals surface area contributed by atoms with Crippen molar-refractivity contribution >= 4 is 33.8 Å². The summed E-state index contributed by atoms with van der Waals surface area (Å²) in [7, 11) is 0. The molecule has 0 aromatic carbocycles. The molecule has 37 heavy (non-hydrogen) atoms. The lowest BCUT2D eigenvalue weighted by Gasteiger charge is -2.33. The first-order chi connectivity index (χ1) is 17.7. The van der Waals surface area contributed by atoms with E-state index in [-0.39, 0.29) is 5.41 Å². The minimum Gasteiger partial charge on any atom is -0.240 e. The van der Waals surface area contributed by atoms with Gasteiger partial charge in [0.15, 0.2) is 0 Å². The average molecular weight is 529 g/mol. The summed E-state index contributed by atoms with van der Waals surface area (Å²) in [5.41, 5.74) is 9.08. The maximum Gasteiger partial charge on any atom is 0.119 e. The van der Waals surface area contributed by atoms with Crippen LogP contribution in [0.1, 0.15) is 107 Å². The Bertz CT molecular complexity index is 1320. The van der Waals surface area contributed by atoms with Crippen LogP contribution in [0, 0.1) is 5.41 Å². The van der Waals surface area contributed by atoms with Gasteiger partial charge >= 0.3 is 0 Å². The summed E-state index contributed by atoms with van der Waals surface area (Å²) in [6, 6.07) is 0. The Hall–Kier alpha value is -2.30. The molecular weight excluding hydrogens is 489 g/mol. The van der Waals surface area contributed by atoms with Crippen molar-refractivity contribution in [2.24, 2.45) is 5.41 Å². The van der Waals surface area contributed by atoms with Crippen molar-refractivity contribution in [1.29, 1.82) is 0 Å². The first-order valence-corrected chi connectivity index (χ1v) is 15.6. The van der Waals surface area contributed by atoms with E-state index >= 15 is 0 Å². The van der Waals surface area contributed by atoms with Crippen LogP contribution in [0.15, 0.2) is 70.0 Å². The molecule has 2 aromatic heterocycles. The number of allylic oxidation sites excluding steroid dienone is 12. The van der Waals surface area contributed by atoms with Crippen LogP contribution >= 0.6 is 22.7 Å². The second-order valence-electron chi connectivity index (χ2n) is 11.9. The highest BCUT2D eigenvalue weighted by Crippen LogP contribution is 2.41. The third-order valence-corrected chi connectivity index (χ3v) is 10.5. The molecule has 4 heteroatoms. The first kappa shape index (κ1) is 26.3. The van der Waals surface area contributed by atoms with E-state index in [4.69, 9.17) is 9.97 Å². The van der Waals surface area contributed by atoms with Gasteiger partial charge in [0.25, 0.3) is 0 Å². The number of hydrogen-bond acceptors (Lipinski definition) is 4. The minimum atomic E-state index is -0.234. The molecule has 0 amide bonds. The van der Waals surface area contributed by atoms with Crippen LogP contribution in [0.2, 0.25) is 0 Å². The third-order valence-electron chi connectivity index (χ3n) is 8.58. The van der Waals surface area contributed by atoms with Gasteiger partial charge in [-0.2, -0.15) is 0 Å². The lowest BCUT2D eigenvalue weighted by molar-refractivity contribution is 0.195. The van der Waals surface area contributed by atoms with Crippen molar-refractivity contribution in [3.05, 3.63) is 91.4 Å². The summed E-state index contributed by atoms with van der Waals surface area (Å²) >= 11 is 3.48. The van der Waals surface area contributed by atoms with Gasteiger partial charge in [0.2, 0.25) is 0 Å². The summed E-state index contributed by atoms with van der Waals surface area (Å²) in [5.74, 6) is 0. The van der Waals surface area contributed by atoms with Crippen LogP contribution in [0.3, 0.4) is 0 Å². The Morgan fingerprint density at radius 2 is 1.43 bits per heavy atom. The molecule has 0 aliphatic heterocycles. The highest BCUT2D eigenvalue weighted by atomic mass is 32.1. The molecule has 0 unspecified atom stereocenters. The number of hydrogen-bond donors (Lipinski definition) is 0. The van der Waals surface area contributed by atoms with E-state index in [1.165, 1.54) is 79.2 Å². The van der Waals surface area contributed by atoms with Gasteiger partial charge in [-0.1, -0.05) is 68.7 Å². The lowest BCUT2D eigenvalue weighted by Crippen LogP contribution is -2.20. The van der Waals surface area contributed by atoms with Gasteiger partial charge in [0, 0.05) is 10.8 Å². The van der Waals surface area contributed by atoms with Crippen molar-refractivity contribution in [1.82, 2.24) is 9.97 Å². The SMILES string of the molecule is CC(=C1C=CC=C1)c1nc(C(C)(C)c2csc(C(C)=C3C=CC(CCCC4(C)CCCCC4)=C3)n2)cs1. The topological polar surface area (TPSA) is 25.8 Å². The summed E-state index contributed by atoms with van der Waals surface area (Å²) in [5, 5.41) is 6.63. The Kier molecular flexibility index (Phi) is 7.70.